The second kappa shape index (κ2) is 6.50. The molecule has 0 aliphatic heterocycles. The first-order valence-electron chi connectivity index (χ1n) is 6.34. The SMILES string of the molecule is COC(=O)C(C)(Nc1ccc(Cl)c(Br)c1)c1ccccc1. The van der Waals surface area contributed by atoms with Gasteiger partial charge in [0.2, 0.25) is 0 Å². The second-order valence-corrected chi connectivity index (χ2v) is 6.00. The molecule has 0 saturated heterocycles. The number of hydrogen-bond donors (Lipinski definition) is 1. The van der Waals surface area contributed by atoms with Gasteiger partial charge in [0.1, 0.15) is 0 Å². The summed E-state index contributed by atoms with van der Waals surface area (Å²) < 4.78 is 5.72. The van der Waals surface area contributed by atoms with Crippen molar-refractivity contribution in [1.82, 2.24) is 0 Å². The lowest BCUT2D eigenvalue weighted by Gasteiger charge is -2.29. The number of nitrogens with one attached hydrogen (secondary N) is 1. The van der Waals surface area contributed by atoms with E-state index in [1.54, 1.807) is 13.0 Å². The molecule has 21 heavy (non-hydrogen) atoms. The Bertz CT molecular complexity index is 648. The predicted molar refractivity (Wildman–Crippen MR) is 88.6 cm³/mol. The molecular formula is C16H15BrClNO2. The average molecular weight is 369 g/mol. The van der Waals surface area contributed by atoms with E-state index in [0.29, 0.717) is 5.02 Å². The van der Waals surface area contributed by atoms with Crippen molar-refractivity contribution in [2.24, 2.45) is 0 Å². The van der Waals surface area contributed by atoms with E-state index >= 15 is 0 Å². The van der Waals surface area contributed by atoms with E-state index in [2.05, 4.69) is 21.2 Å². The largest absolute Gasteiger partial charge is 0.467 e. The minimum atomic E-state index is -0.983. The van der Waals surface area contributed by atoms with E-state index in [9.17, 15) is 4.79 Å². The van der Waals surface area contributed by atoms with Gasteiger partial charge in [0.25, 0.3) is 0 Å². The third-order valence-electron chi connectivity index (χ3n) is 3.26. The van der Waals surface area contributed by atoms with Gasteiger partial charge in [-0.25, -0.2) is 4.79 Å². The first-order valence-corrected chi connectivity index (χ1v) is 7.51. The van der Waals surface area contributed by atoms with E-state index in [0.717, 1.165) is 15.7 Å². The number of benzene rings is 2. The summed E-state index contributed by atoms with van der Waals surface area (Å²) in [6.45, 7) is 1.79. The summed E-state index contributed by atoms with van der Waals surface area (Å²) in [6, 6.07) is 14.8. The van der Waals surface area contributed by atoms with Gasteiger partial charge in [-0.2, -0.15) is 0 Å². The average Bonchev–Trinajstić information content (AvgIpc) is 2.51. The molecule has 0 radical (unpaired) electrons. The molecule has 110 valence electrons. The zero-order valence-corrected chi connectivity index (χ0v) is 14.0. The molecule has 3 nitrogen and oxygen atoms in total. The van der Waals surface area contributed by atoms with Crippen molar-refractivity contribution in [2.45, 2.75) is 12.5 Å². The van der Waals surface area contributed by atoms with Crippen LogP contribution in [0, 0.1) is 0 Å². The number of anilines is 1. The smallest absolute Gasteiger partial charge is 0.335 e. The van der Waals surface area contributed by atoms with Gasteiger partial charge in [-0.3, -0.25) is 0 Å². The zero-order chi connectivity index (χ0) is 15.5. The number of rotatable bonds is 4. The predicted octanol–water partition coefficient (Wildman–Crippen LogP) is 4.60. The fourth-order valence-corrected chi connectivity index (χ4v) is 2.58. The molecule has 0 amide bonds. The molecule has 2 aromatic rings. The lowest BCUT2D eigenvalue weighted by molar-refractivity contribution is -0.145. The summed E-state index contributed by atoms with van der Waals surface area (Å²) in [6.07, 6.45) is 0. The van der Waals surface area contributed by atoms with Gasteiger partial charge < -0.3 is 10.1 Å². The molecule has 0 aromatic heterocycles. The highest BCUT2D eigenvalue weighted by Crippen LogP contribution is 2.31. The van der Waals surface area contributed by atoms with E-state index in [1.807, 2.05) is 42.5 Å². The molecular weight excluding hydrogens is 354 g/mol. The van der Waals surface area contributed by atoms with Crippen molar-refractivity contribution < 1.29 is 9.53 Å². The Kier molecular flexibility index (Phi) is 4.91. The number of hydrogen-bond acceptors (Lipinski definition) is 3. The van der Waals surface area contributed by atoms with Gasteiger partial charge in [-0.05, 0) is 46.6 Å². The number of halogens is 2. The molecule has 2 aromatic carbocycles. The van der Waals surface area contributed by atoms with Gasteiger partial charge in [0, 0.05) is 10.2 Å². The Hall–Kier alpha value is -1.52. The van der Waals surface area contributed by atoms with Crippen molar-refractivity contribution in [3.8, 4) is 0 Å². The zero-order valence-electron chi connectivity index (χ0n) is 11.7. The van der Waals surface area contributed by atoms with Crippen LogP contribution < -0.4 is 5.32 Å². The monoisotopic (exact) mass is 367 g/mol. The summed E-state index contributed by atoms with van der Waals surface area (Å²) in [5.74, 6) is -0.361. The lowest BCUT2D eigenvalue weighted by Crippen LogP contribution is -2.41. The third-order valence-corrected chi connectivity index (χ3v) is 4.47. The first kappa shape index (κ1) is 15.9. The molecule has 0 fully saturated rings. The highest BCUT2D eigenvalue weighted by Gasteiger charge is 2.36. The van der Waals surface area contributed by atoms with Crippen LogP contribution in [0.5, 0.6) is 0 Å². The maximum atomic E-state index is 12.3. The van der Waals surface area contributed by atoms with Crippen LogP contribution in [0.1, 0.15) is 12.5 Å². The van der Waals surface area contributed by atoms with Crippen molar-refractivity contribution in [3.63, 3.8) is 0 Å². The Morgan fingerprint density at radius 1 is 1.24 bits per heavy atom. The molecule has 0 saturated carbocycles. The van der Waals surface area contributed by atoms with Gasteiger partial charge in [-0.15, -0.1) is 0 Å². The van der Waals surface area contributed by atoms with Crippen molar-refractivity contribution in [3.05, 3.63) is 63.6 Å². The number of ether oxygens (including phenoxy) is 1. The quantitative estimate of drug-likeness (QED) is 0.801. The standard InChI is InChI=1S/C16H15BrClNO2/c1-16(15(20)21-2,11-6-4-3-5-7-11)19-12-8-9-14(18)13(17)10-12/h3-10,19H,1-2H3. The molecule has 0 heterocycles. The molecule has 2 rings (SSSR count). The molecule has 5 heteroatoms. The molecule has 1 N–H and O–H groups in total. The Balaban J connectivity index is 2.41. The fourth-order valence-electron chi connectivity index (χ4n) is 2.08. The molecule has 0 aliphatic rings. The fraction of sp³-hybridized carbons (Fsp3) is 0.188. The van der Waals surface area contributed by atoms with Gasteiger partial charge in [0.05, 0.1) is 12.1 Å². The summed E-state index contributed by atoms with van der Waals surface area (Å²) in [4.78, 5) is 12.3. The minimum Gasteiger partial charge on any atom is -0.467 e. The van der Waals surface area contributed by atoms with Crippen LogP contribution in [-0.2, 0) is 15.1 Å². The number of carbonyl (C=O) groups is 1. The van der Waals surface area contributed by atoms with Gasteiger partial charge in [-0.1, -0.05) is 41.9 Å². The molecule has 0 spiro atoms. The Labute approximate surface area is 137 Å². The maximum Gasteiger partial charge on any atom is 0.335 e. The maximum absolute atomic E-state index is 12.3. The van der Waals surface area contributed by atoms with Crippen LogP contribution in [0.15, 0.2) is 53.0 Å². The van der Waals surface area contributed by atoms with Crippen LogP contribution in [-0.4, -0.2) is 13.1 Å². The number of esters is 1. The third kappa shape index (κ3) is 3.39. The van der Waals surface area contributed by atoms with Crippen LogP contribution in [0.2, 0.25) is 5.02 Å². The van der Waals surface area contributed by atoms with Gasteiger partial charge in [0.15, 0.2) is 5.54 Å². The topological polar surface area (TPSA) is 38.3 Å². The minimum absolute atomic E-state index is 0.361. The highest BCUT2D eigenvalue weighted by molar-refractivity contribution is 9.10. The van der Waals surface area contributed by atoms with E-state index < -0.39 is 5.54 Å². The second-order valence-electron chi connectivity index (χ2n) is 4.74. The molecule has 1 atom stereocenters. The highest BCUT2D eigenvalue weighted by atomic mass is 79.9. The van der Waals surface area contributed by atoms with Crippen molar-refractivity contribution >= 4 is 39.2 Å². The van der Waals surface area contributed by atoms with E-state index in [1.165, 1.54) is 7.11 Å². The molecule has 1 unspecified atom stereocenters. The summed E-state index contributed by atoms with van der Waals surface area (Å²) in [5, 5.41) is 3.84. The summed E-state index contributed by atoms with van der Waals surface area (Å²) >= 11 is 9.37. The summed E-state index contributed by atoms with van der Waals surface area (Å²) in [7, 11) is 1.38. The normalized spacial score (nSPS) is 13.3. The first-order chi connectivity index (χ1) is 9.97. The number of methoxy groups -OCH3 is 1. The van der Waals surface area contributed by atoms with Gasteiger partial charge >= 0.3 is 5.97 Å². The molecule has 0 aliphatic carbocycles. The van der Waals surface area contributed by atoms with Crippen LogP contribution >= 0.6 is 27.5 Å². The van der Waals surface area contributed by atoms with Crippen molar-refractivity contribution in [2.75, 3.05) is 12.4 Å². The van der Waals surface area contributed by atoms with E-state index in [-0.39, 0.29) is 5.97 Å². The van der Waals surface area contributed by atoms with Crippen LogP contribution in [0.4, 0.5) is 5.69 Å². The Morgan fingerprint density at radius 3 is 2.48 bits per heavy atom. The van der Waals surface area contributed by atoms with Crippen LogP contribution in [0.25, 0.3) is 0 Å². The Morgan fingerprint density at radius 2 is 1.90 bits per heavy atom. The van der Waals surface area contributed by atoms with E-state index in [4.69, 9.17) is 16.3 Å². The van der Waals surface area contributed by atoms with Crippen molar-refractivity contribution in [1.29, 1.82) is 0 Å². The number of carbonyl (C=O) groups excluding carboxylic acids is 1. The molecule has 0 bridgehead atoms. The lowest BCUT2D eigenvalue weighted by atomic mass is 9.91. The summed E-state index contributed by atoms with van der Waals surface area (Å²) in [5.41, 5.74) is 0.606. The van der Waals surface area contributed by atoms with Crippen LogP contribution in [0.3, 0.4) is 0 Å².